The van der Waals surface area contributed by atoms with Crippen LogP contribution in [-0.4, -0.2) is 48.7 Å². The highest BCUT2D eigenvalue weighted by molar-refractivity contribution is 7.89. The van der Waals surface area contributed by atoms with Crippen molar-refractivity contribution in [3.8, 4) is 5.75 Å². The maximum atomic E-state index is 13.1. The molecule has 0 spiro atoms. The molecule has 140 valence electrons. The molecule has 0 aliphatic carbocycles. The Morgan fingerprint density at radius 2 is 2.12 bits per heavy atom. The fraction of sp³-hybridized carbons (Fsp3) is 0.500. The maximum absolute atomic E-state index is 13.1. The molecule has 10 heteroatoms. The zero-order valence-electron chi connectivity index (χ0n) is 14.3. The van der Waals surface area contributed by atoms with Crippen molar-refractivity contribution >= 4 is 21.6 Å². The molecule has 0 N–H and O–H groups in total. The van der Waals surface area contributed by atoms with Crippen LogP contribution in [-0.2, 0) is 21.2 Å². The second kappa shape index (κ2) is 6.49. The summed E-state index contributed by atoms with van der Waals surface area (Å²) >= 11 is 6.25. The van der Waals surface area contributed by atoms with Gasteiger partial charge < -0.3 is 13.9 Å². The Hall–Kier alpha value is -1.68. The standard InChI is InChI=1S/C16H18ClN3O5S/c1-9-5-11-6-12(7-13(17)15(11)24-9)26(21,22)20-3-4-23-14(8-20)16-19-18-10(2)25-16/h6-7,9,14H,3-5,8H2,1-2H3/t9-,14-/m0/s1. The summed E-state index contributed by atoms with van der Waals surface area (Å²) in [5.41, 5.74) is 0.806. The highest BCUT2D eigenvalue weighted by Gasteiger charge is 2.35. The van der Waals surface area contributed by atoms with Gasteiger partial charge in [-0.05, 0) is 19.1 Å². The van der Waals surface area contributed by atoms with Gasteiger partial charge in [-0.3, -0.25) is 0 Å². The molecular formula is C16H18ClN3O5S. The normalized spacial score (nSPS) is 23.7. The van der Waals surface area contributed by atoms with Gasteiger partial charge in [-0.1, -0.05) is 11.6 Å². The van der Waals surface area contributed by atoms with E-state index in [4.69, 9.17) is 25.5 Å². The first-order valence-electron chi connectivity index (χ1n) is 8.25. The quantitative estimate of drug-likeness (QED) is 0.780. The fourth-order valence-corrected chi connectivity index (χ4v) is 5.04. The van der Waals surface area contributed by atoms with E-state index in [1.807, 2.05) is 6.92 Å². The third-order valence-corrected chi connectivity index (χ3v) is 6.53. The number of rotatable bonds is 3. The van der Waals surface area contributed by atoms with Crippen molar-refractivity contribution < 1.29 is 22.3 Å². The molecule has 3 heterocycles. The molecule has 1 fully saturated rings. The summed E-state index contributed by atoms with van der Waals surface area (Å²) in [6.07, 6.45) is 0.0211. The molecule has 4 rings (SSSR count). The zero-order valence-corrected chi connectivity index (χ0v) is 15.9. The Bertz CT molecular complexity index is 945. The third kappa shape index (κ3) is 3.09. The minimum absolute atomic E-state index is 0.0195. The van der Waals surface area contributed by atoms with E-state index in [0.717, 1.165) is 5.56 Å². The van der Waals surface area contributed by atoms with Crippen LogP contribution in [0.25, 0.3) is 0 Å². The molecule has 2 aliphatic rings. The molecular weight excluding hydrogens is 382 g/mol. The van der Waals surface area contributed by atoms with Gasteiger partial charge in [0.05, 0.1) is 16.5 Å². The fourth-order valence-electron chi connectivity index (χ4n) is 3.19. The second-order valence-electron chi connectivity index (χ2n) is 6.41. The molecule has 2 atom stereocenters. The minimum Gasteiger partial charge on any atom is -0.489 e. The zero-order chi connectivity index (χ0) is 18.5. The van der Waals surface area contributed by atoms with Crippen LogP contribution in [0.5, 0.6) is 5.75 Å². The Balaban J connectivity index is 1.62. The van der Waals surface area contributed by atoms with Crippen LogP contribution in [0.2, 0.25) is 5.02 Å². The summed E-state index contributed by atoms with van der Waals surface area (Å²) in [7, 11) is -3.73. The van der Waals surface area contributed by atoms with E-state index in [1.54, 1.807) is 13.0 Å². The van der Waals surface area contributed by atoms with Crippen molar-refractivity contribution in [3.63, 3.8) is 0 Å². The van der Waals surface area contributed by atoms with Crippen molar-refractivity contribution in [2.75, 3.05) is 19.7 Å². The number of aryl methyl sites for hydroxylation is 1. The van der Waals surface area contributed by atoms with Crippen LogP contribution in [0.3, 0.4) is 0 Å². The molecule has 2 aliphatic heterocycles. The molecule has 0 bridgehead atoms. The average Bonchev–Trinajstić information content (AvgIpc) is 3.20. The van der Waals surface area contributed by atoms with Gasteiger partial charge in [-0.15, -0.1) is 10.2 Å². The predicted molar refractivity (Wildman–Crippen MR) is 91.7 cm³/mol. The molecule has 26 heavy (non-hydrogen) atoms. The van der Waals surface area contributed by atoms with E-state index in [0.29, 0.717) is 23.1 Å². The number of sulfonamides is 1. The van der Waals surface area contributed by atoms with Crippen LogP contribution in [0.1, 0.15) is 30.4 Å². The van der Waals surface area contributed by atoms with Gasteiger partial charge in [0, 0.05) is 32.0 Å². The summed E-state index contributed by atoms with van der Waals surface area (Å²) in [5, 5.41) is 8.00. The number of benzene rings is 1. The number of aromatic nitrogens is 2. The average molecular weight is 400 g/mol. The summed E-state index contributed by atoms with van der Waals surface area (Å²) in [6.45, 7) is 4.18. The molecule has 0 radical (unpaired) electrons. The molecule has 0 amide bonds. The van der Waals surface area contributed by atoms with Crippen molar-refractivity contribution in [3.05, 3.63) is 34.5 Å². The van der Waals surface area contributed by atoms with Crippen molar-refractivity contribution in [2.45, 2.75) is 37.4 Å². The number of ether oxygens (including phenoxy) is 2. The number of hydrogen-bond donors (Lipinski definition) is 0. The molecule has 0 unspecified atom stereocenters. The first-order valence-corrected chi connectivity index (χ1v) is 10.1. The molecule has 8 nitrogen and oxygen atoms in total. The Labute approximate surface area is 156 Å². The topological polar surface area (TPSA) is 94.8 Å². The Kier molecular flexibility index (Phi) is 4.42. The van der Waals surface area contributed by atoms with Crippen molar-refractivity contribution in [2.24, 2.45) is 0 Å². The van der Waals surface area contributed by atoms with Gasteiger partial charge in [0.2, 0.25) is 21.8 Å². The maximum Gasteiger partial charge on any atom is 0.246 e. The highest BCUT2D eigenvalue weighted by Crippen LogP contribution is 2.39. The van der Waals surface area contributed by atoms with Gasteiger partial charge in [0.25, 0.3) is 0 Å². The predicted octanol–water partition coefficient (Wildman–Crippen LogP) is 2.12. The van der Waals surface area contributed by atoms with E-state index < -0.39 is 16.1 Å². The van der Waals surface area contributed by atoms with Gasteiger partial charge in [0.15, 0.2) is 0 Å². The van der Waals surface area contributed by atoms with Crippen LogP contribution in [0.4, 0.5) is 0 Å². The van der Waals surface area contributed by atoms with E-state index >= 15 is 0 Å². The lowest BCUT2D eigenvalue weighted by Gasteiger charge is -2.30. The van der Waals surface area contributed by atoms with Crippen molar-refractivity contribution in [1.29, 1.82) is 0 Å². The lowest BCUT2D eigenvalue weighted by molar-refractivity contribution is -0.0176. The number of nitrogens with zero attached hydrogens (tertiary/aromatic N) is 3. The van der Waals surface area contributed by atoms with Gasteiger partial charge >= 0.3 is 0 Å². The molecule has 2 aromatic rings. The highest BCUT2D eigenvalue weighted by atomic mass is 35.5. The molecule has 1 saturated heterocycles. The largest absolute Gasteiger partial charge is 0.489 e. The number of hydrogen-bond acceptors (Lipinski definition) is 7. The lowest BCUT2D eigenvalue weighted by Crippen LogP contribution is -2.42. The summed E-state index contributed by atoms with van der Waals surface area (Å²) < 4.78 is 44.2. The van der Waals surface area contributed by atoms with Crippen LogP contribution < -0.4 is 4.74 Å². The van der Waals surface area contributed by atoms with E-state index in [9.17, 15) is 8.42 Å². The lowest BCUT2D eigenvalue weighted by atomic mass is 10.1. The Morgan fingerprint density at radius 1 is 1.31 bits per heavy atom. The van der Waals surface area contributed by atoms with Crippen molar-refractivity contribution in [1.82, 2.24) is 14.5 Å². The number of fused-ring (bicyclic) bond motifs is 1. The van der Waals surface area contributed by atoms with Crippen LogP contribution in [0.15, 0.2) is 21.4 Å². The summed E-state index contributed by atoms with van der Waals surface area (Å²) in [6, 6.07) is 3.08. The SMILES string of the molecule is Cc1nnc([C@@H]2CN(S(=O)(=O)c3cc(Cl)c4c(c3)C[C@H](C)O4)CCO2)o1. The van der Waals surface area contributed by atoms with E-state index in [-0.39, 0.29) is 36.6 Å². The second-order valence-corrected chi connectivity index (χ2v) is 8.75. The molecule has 1 aromatic heterocycles. The minimum atomic E-state index is -3.73. The summed E-state index contributed by atoms with van der Waals surface area (Å²) in [5.74, 6) is 1.25. The first-order chi connectivity index (χ1) is 12.3. The number of halogens is 1. The summed E-state index contributed by atoms with van der Waals surface area (Å²) in [4.78, 5) is 0.154. The van der Waals surface area contributed by atoms with E-state index in [2.05, 4.69) is 10.2 Å². The Morgan fingerprint density at radius 3 is 2.85 bits per heavy atom. The van der Waals surface area contributed by atoms with Gasteiger partial charge in [0.1, 0.15) is 18.0 Å². The first kappa shape index (κ1) is 17.7. The van der Waals surface area contributed by atoms with Gasteiger partial charge in [-0.2, -0.15) is 4.31 Å². The molecule has 0 saturated carbocycles. The number of morpholine rings is 1. The van der Waals surface area contributed by atoms with Crippen LogP contribution in [0, 0.1) is 6.92 Å². The van der Waals surface area contributed by atoms with E-state index in [1.165, 1.54) is 10.4 Å². The monoisotopic (exact) mass is 399 g/mol. The third-order valence-electron chi connectivity index (χ3n) is 4.40. The smallest absolute Gasteiger partial charge is 0.246 e. The van der Waals surface area contributed by atoms with Crippen LogP contribution >= 0.6 is 11.6 Å². The van der Waals surface area contributed by atoms with Gasteiger partial charge in [-0.25, -0.2) is 8.42 Å². The molecule has 1 aromatic carbocycles.